The highest BCUT2D eigenvalue weighted by Gasteiger charge is 2.23. The molecule has 1 aromatic heterocycles. The zero-order chi connectivity index (χ0) is 17.4. The van der Waals surface area contributed by atoms with Crippen LogP contribution in [-0.4, -0.2) is 30.5 Å². The summed E-state index contributed by atoms with van der Waals surface area (Å²) in [5, 5.41) is 13.5. The van der Waals surface area contributed by atoms with Crippen molar-refractivity contribution in [3.63, 3.8) is 0 Å². The molecule has 0 aliphatic carbocycles. The molecule has 0 amide bonds. The minimum Gasteiger partial charge on any atom is -0.323 e. The van der Waals surface area contributed by atoms with Gasteiger partial charge in [-0.05, 0) is 12.5 Å². The molecule has 5 N–H and O–H groups in total. The van der Waals surface area contributed by atoms with Crippen LogP contribution in [0.1, 0.15) is 12.5 Å². The summed E-state index contributed by atoms with van der Waals surface area (Å²) in [7, 11) is -4.38. The number of nitro groups is 1. The first-order valence-corrected chi connectivity index (χ1v) is 8.00. The lowest BCUT2D eigenvalue weighted by Crippen LogP contribution is -2.30. The fourth-order valence-corrected chi connectivity index (χ4v) is 2.23. The van der Waals surface area contributed by atoms with Crippen LogP contribution < -0.4 is 16.4 Å². The number of nitro benzene ring substituents is 1. The second-order valence-corrected chi connectivity index (χ2v) is 6.79. The average Bonchev–Trinajstić information content (AvgIpc) is 2.44. The Morgan fingerprint density at radius 2 is 1.88 bits per heavy atom. The van der Waals surface area contributed by atoms with Crippen LogP contribution in [0.25, 0.3) is 11.0 Å². The maximum Gasteiger partial charge on any atom is 0.342 e. The summed E-state index contributed by atoms with van der Waals surface area (Å²) < 4.78 is 11.1. The fourth-order valence-electron chi connectivity index (χ4n) is 1.90. The summed E-state index contributed by atoms with van der Waals surface area (Å²) in [6.45, 7) is 1.09. The standard InChI is InChI=1S/C11H13N4O7P.ClH/c1-5(23(20,21)22)12-4-6-2-7(15(18)19)3-8-9(6)14-11(17)10(16)13-8;/h2-3,5,12H,4H2,1H3,(H,13,16)(H,14,17)(H2,20,21,22);1H/t5-;/m0./s1. The van der Waals surface area contributed by atoms with Gasteiger partial charge in [-0.2, -0.15) is 0 Å². The van der Waals surface area contributed by atoms with Crippen molar-refractivity contribution in [2.45, 2.75) is 19.3 Å². The minimum atomic E-state index is -4.38. The molecule has 1 atom stereocenters. The number of non-ortho nitro benzene ring substituents is 1. The Hall–Kier alpha value is -2.04. The number of benzene rings is 1. The number of H-pyrrole nitrogens is 2. The predicted molar refractivity (Wildman–Crippen MR) is 87.4 cm³/mol. The van der Waals surface area contributed by atoms with E-state index in [0.717, 1.165) is 12.1 Å². The van der Waals surface area contributed by atoms with Crippen molar-refractivity contribution >= 4 is 36.7 Å². The summed E-state index contributed by atoms with van der Waals surface area (Å²) >= 11 is 0. The van der Waals surface area contributed by atoms with Gasteiger partial charge >= 0.3 is 18.7 Å². The van der Waals surface area contributed by atoms with Crippen LogP contribution >= 0.6 is 20.0 Å². The number of rotatable bonds is 5. The lowest BCUT2D eigenvalue weighted by Gasteiger charge is -2.15. The highest BCUT2D eigenvalue weighted by atomic mass is 35.5. The van der Waals surface area contributed by atoms with Crippen molar-refractivity contribution in [1.82, 2.24) is 15.3 Å². The first kappa shape index (κ1) is 20.0. The van der Waals surface area contributed by atoms with Crippen LogP contribution in [0.4, 0.5) is 5.69 Å². The van der Waals surface area contributed by atoms with E-state index in [2.05, 4.69) is 15.3 Å². The van der Waals surface area contributed by atoms with Gasteiger partial charge in [-0.3, -0.25) is 29.6 Å². The van der Waals surface area contributed by atoms with Gasteiger partial charge in [0.05, 0.1) is 16.0 Å². The van der Waals surface area contributed by atoms with E-state index >= 15 is 0 Å². The van der Waals surface area contributed by atoms with Gasteiger partial charge in [0.2, 0.25) is 0 Å². The number of fused-ring (bicyclic) bond motifs is 1. The second-order valence-electron chi connectivity index (χ2n) is 4.84. The molecule has 0 aliphatic rings. The van der Waals surface area contributed by atoms with Gasteiger partial charge in [-0.25, -0.2) is 0 Å². The molecule has 0 saturated heterocycles. The van der Waals surface area contributed by atoms with Gasteiger partial charge in [-0.15, -0.1) is 12.4 Å². The highest BCUT2D eigenvalue weighted by Crippen LogP contribution is 2.39. The van der Waals surface area contributed by atoms with Crippen LogP contribution in [0, 0.1) is 10.1 Å². The zero-order valence-electron chi connectivity index (χ0n) is 12.2. The van der Waals surface area contributed by atoms with Gasteiger partial charge in [0, 0.05) is 18.7 Å². The monoisotopic (exact) mass is 380 g/mol. The Kier molecular flexibility index (Phi) is 6.04. The van der Waals surface area contributed by atoms with Gasteiger partial charge < -0.3 is 19.8 Å². The summed E-state index contributed by atoms with van der Waals surface area (Å²) in [4.78, 5) is 55.6. The van der Waals surface area contributed by atoms with E-state index in [4.69, 9.17) is 9.79 Å². The molecule has 0 radical (unpaired) electrons. The molecule has 0 bridgehead atoms. The zero-order valence-corrected chi connectivity index (χ0v) is 13.9. The number of nitrogens with one attached hydrogen (secondary N) is 3. The van der Waals surface area contributed by atoms with Crippen LogP contribution in [0.2, 0.25) is 0 Å². The predicted octanol–water partition coefficient (Wildman–Crippen LogP) is 0.160. The number of hydrogen-bond acceptors (Lipinski definition) is 6. The highest BCUT2D eigenvalue weighted by molar-refractivity contribution is 7.52. The molecule has 0 saturated carbocycles. The number of nitrogens with zero attached hydrogens (tertiary/aromatic N) is 1. The van der Waals surface area contributed by atoms with Crippen molar-refractivity contribution < 1.29 is 19.3 Å². The molecule has 132 valence electrons. The molecular weight excluding hydrogens is 367 g/mol. The summed E-state index contributed by atoms with van der Waals surface area (Å²) in [6, 6.07) is 2.23. The van der Waals surface area contributed by atoms with E-state index in [1.54, 1.807) is 0 Å². The Morgan fingerprint density at radius 1 is 1.29 bits per heavy atom. The van der Waals surface area contributed by atoms with E-state index < -0.39 is 29.4 Å². The number of halogens is 1. The van der Waals surface area contributed by atoms with E-state index in [0.29, 0.717) is 0 Å². The van der Waals surface area contributed by atoms with Crippen molar-refractivity contribution in [3.8, 4) is 0 Å². The van der Waals surface area contributed by atoms with Gasteiger partial charge in [0.15, 0.2) is 0 Å². The lowest BCUT2D eigenvalue weighted by atomic mass is 10.1. The molecule has 13 heteroatoms. The molecule has 11 nitrogen and oxygen atoms in total. The van der Waals surface area contributed by atoms with Gasteiger partial charge in [-0.1, -0.05) is 0 Å². The fraction of sp³-hybridized carbons (Fsp3) is 0.273. The Labute approximate surface area is 139 Å². The second kappa shape index (κ2) is 7.24. The van der Waals surface area contributed by atoms with Crippen molar-refractivity contribution in [1.29, 1.82) is 0 Å². The first-order chi connectivity index (χ1) is 10.6. The van der Waals surface area contributed by atoms with Crippen LogP contribution in [0.3, 0.4) is 0 Å². The summed E-state index contributed by atoms with van der Waals surface area (Å²) in [5.74, 6) is -1.19. The third-order valence-corrected chi connectivity index (χ3v) is 4.39. The molecule has 2 aromatic rings. The lowest BCUT2D eigenvalue weighted by molar-refractivity contribution is -0.384. The average molecular weight is 381 g/mol. The van der Waals surface area contributed by atoms with Crippen molar-refractivity contribution in [2.75, 3.05) is 0 Å². The molecule has 1 heterocycles. The van der Waals surface area contributed by atoms with E-state index in [1.807, 2.05) is 0 Å². The molecule has 0 spiro atoms. The van der Waals surface area contributed by atoms with E-state index in [-0.39, 0.29) is 41.2 Å². The minimum absolute atomic E-state index is 0. The van der Waals surface area contributed by atoms with E-state index in [1.165, 1.54) is 6.92 Å². The number of aromatic nitrogens is 2. The molecule has 2 rings (SSSR count). The number of aromatic amines is 2. The topological polar surface area (TPSA) is 178 Å². The summed E-state index contributed by atoms with van der Waals surface area (Å²) in [6.07, 6.45) is 0. The van der Waals surface area contributed by atoms with E-state index in [9.17, 15) is 24.3 Å². The quantitative estimate of drug-likeness (QED) is 0.210. The smallest absolute Gasteiger partial charge is 0.323 e. The third kappa shape index (κ3) is 4.28. The molecular formula is C11H14ClN4O7P. The maximum atomic E-state index is 11.4. The van der Waals surface area contributed by atoms with Crippen LogP contribution in [0.15, 0.2) is 21.7 Å². The molecule has 1 aromatic carbocycles. The SMILES string of the molecule is C[C@@H](NCc1cc([N+](=O)[O-])cc2[nH]c(=O)c(=O)[nH]c12)P(=O)(O)O.Cl. The van der Waals surface area contributed by atoms with Crippen molar-refractivity contribution in [3.05, 3.63) is 48.5 Å². The normalized spacial score (nSPS) is 12.6. The van der Waals surface area contributed by atoms with Crippen LogP contribution in [-0.2, 0) is 11.1 Å². The van der Waals surface area contributed by atoms with Crippen molar-refractivity contribution in [2.24, 2.45) is 0 Å². The van der Waals surface area contributed by atoms with Crippen LogP contribution in [0.5, 0.6) is 0 Å². The molecule has 0 fully saturated rings. The Bertz CT molecular complexity index is 934. The van der Waals surface area contributed by atoms with Gasteiger partial charge in [0.1, 0.15) is 5.78 Å². The Balaban J connectivity index is 0.00000288. The summed E-state index contributed by atoms with van der Waals surface area (Å²) in [5.41, 5.74) is -1.82. The molecule has 0 unspecified atom stereocenters. The number of hydrogen-bond donors (Lipinski definition) is 5. The molecule has 24 heavy (non-hydrogen) atoms. The largest absolute Gasteiger partial charge is 0.342 e. The maximum absolute atomic E-state index is 11.4. The van der Waals surface area contributed by atoms with Gasteiger partial charge in [0.25, 0.3) is 5.69 Å². The molecule has 0 aliphatic heterocycles. The third-order valence-electron chi connectivity index (χ3n) is 3.20. The Morgan fingerprint density at radius 3 is 2.42 bits per heavy atom. The first-order valence-electron chi connectivity index (χ1n) is 6.32.